The van der Waals surface area contributed by atoms with Gasteiger partial charge in [-0.05, 0) is 30.9 Å². The van der Waals surface area contributed by atoms with Crippen molar-refractivity contribution in [1.29, 1.82) is 0 Å². The molecule has 2 nitrogen and oxygen atoms in total. The third-order valence-electron chi connectivity index (χ3n) is 3.92. The molecule has 1 saturated carbocycles. The van der Waals surface area contributed by atoms with Gasteiger partial charge in [-0.25, -0.2) is 4.39 Å². The van der Waals surface area contributed by atoms with Gasteiger partial charge in [0.05, 0.1) is 0 Å². The molecule has 4 heteroatoms. The predicted molar refractivity (Wildman–Crippen MR) is 71.2 cm³/mol. The molecule has 0 bridgehead atoms. The fraction of sp³-hybridized carbons (Fsp3) is 0.571. The molecule has 0 spiro atoms. The van der Waals surface area contributed by atoms with Gasteiger partial charge in [-0.1, -0.05) is 17.7 Å². The number of hydrogen-bond donors (Lipinski definition) is 1. The lowest BCUT2D eigenvalue weighted by atomic mass is 10.1. The van der Waals surface area contributed by atoms with Crippen LogP contribution in [0.15, 0.2) is 18.2 Å². The summed E-state index contributed by atoms with van der Waals surface area (Å²) in [5.74, 6) is 0.646. The maximum Gasteiger partial charge on any atom is 0.129 e. The first-order valence-electron chi connectivity index (χ1n) is 6.62. The van der Waals surface area contributed by atoms with E-state index in [2.05, 4.69) is 10.2 Å². The Morgan fingerprint density at radius 2 is 2.22 bits per heavy atom. The van der Waals surface area contributed by atoms with Crippen LogP contribution >= 0.6 is 11.6 Å². The molecular formula is C14H18ClFN2. The van der Waals surface area contributed by atoms with E-state index >= 15 is 0 Å². The Morgan fingerprint density at radius 1 is 1.39 bits per heavy atom. The Balaban J connectivity index is 1.68. The molecule has 1 saturated heterocycles. The molecule has 1 N–H and O–H groups in total. The zero-order valence-electron chi connectivity index (χ0n) is 10.3. The Hall–Kier alpha value is -0.640. The molecule has 0 amide bonds. The summed E-state index contributed by atoms with van der Waals surface area (Å²) in [7, 11) is 0. The minimum absolute atomic E-state index is 0.191. The zero-order chi connectivity index (χ0) is 12.5. The number of nitrogens with one attached hydrogen (secondary N) is 1. The van der Waals surface area contributed by atoms with Crippen LogP contribution in [-0.2, 0) is 6.54 Å². The second-order valence-corrected chi connectivity index (χ2v) is 5.74. The van der Waals surface area contributed by atoms with Crippen molar-refractivity contribution in [1.82, 2.24) is 10.2 Å². The van der Waals surface area contributed by atoms with Crippen LogP contribution in [-0.4, -0.2) is 30.6 Å². The van der Waals surface area contributed by atoms with Crippen molar-refractivity contribution < 1.29 is 4.39 Å². The van der Waals surface area contributed by atoms with Gasteiger partial charge < -0.3 is 5.32 Å². The second kappa shape index (κ2) is 5.16. The SMILES string of the molecule is Fc1cccc(Cl)c1CN1CCNC(C2CC2)C1. The molecule has 1 atom stereocenters. The first-order valence-corrected chi connectivity index (χ1v) is 7.00. The van der Waals surface area contributed by atoms with E-state index in [4.69, 9.17) is 11.6 Å². The summed E-state index contributed by atoms with van der Waals surface area (Å²) >= 11 is 6.08. The highest BCUT2D eigenvalue weighted by Crippen LogP contribution is 2.34. The van der Waals surface area contributed by atoms with Crippen molar-refractivity contribution in [3.05, 3.63) is 34.6 Å². The summed E-state index contributed by atoms with van der Waals surface area (Å²) in [6, 6.07) is 5.50. The molecule has 2 aliphatic rings. The van der Waals surface area contributed by atoms with Crippen LogP contribution < -0.4 is 5.32 Å². The zero-order valence-corrected chi connectivity index (χ0v) is 11.1. The fourth-order valence-corrected chi connectivity index (χ4v) is 2.93. The molecule has 98 valence electrons. The molecule has 1 aliphatic heterocycles. The molecule has 1 unspecified atom stereocenters. The van der Waals surface area contributed by atoms with Gasteiger partial charge in [-0.15, -0.1) is 0 Å². The summed E-state index contributed by atoms with van der Waals surface area (Å²) in [4.78, 5) is 2.31. The third-order valence-corrected chi connectivity index (χ3v) is 4.28. The maximum absolute atomic E-state index is 13.7. The summed E-state index contributed by atoms with van der Waals surface area (Å²) < 4.78 is 13.7. The summed E-state index contributed by atoms with van der Waals surface area (Å²) in [5, 5.41) is 4.10. The van der Waals surface area contributed by atoms with E-state index < -0.39 is 0 Å². The summed E-state index contributed by atoms with van der Waals surface area (Å²) in [6.45, 7) is 3.59. The minimum Gasteiger partial charge on any atom is -0.311 e. The highest BCUT2D eigenvalue weighted by Gasteiger charge is 2.34. The number of hydrogen-bond acceptors (Lipinski definition) is 2. The number of rotatable bonds is 3. The monoisotopic (exact) mass is 268 g/mol. The quantitative estimate of drug-likeness (QED) is 0.907. The third kappa shape index (κ3) is 2.68. The lowest BCUT2D eigenvalue weighted by Gasteiger charge is -2.34. The lowest BCUT2D eigenvalue weighted by molar-refractivity contribution is 0.180. The van der Waals surface area contributed by atoms with Gasteiger partial charge in [0, 0.05) is 42.8 Å². The normalized spacial score (nSPS) is 25.3. The first kappa shape index (κ1) is 12.4. The van der Waals surface area contributed by atoms with E-state index in [9.17, 15) is 4.39 Å². The van der Waals surface area contributed by atoms with Crippen LogP contribution in [0.4, 0.5) is 4.39 Å². The van der Waals surface area contributed by atoms with Gasteiger partial charge >= 0.3 is 0 Å². The van der Waals surface area contributed by atoms with Crippen molar-refractivity contribution in [3.63, 3.8) is 0 Å². The second-order valence-electron chi connectivity index (χ2n) is 5.33. The smallest absolute Gasteiger partial charge is 0.129 e. The van der Waals surface area contributed by atoms with Crippen molar-refractivity contribution in [2.45, 2.75) is 25.4 Å². The first-order chi connectivity index (χ1) is 8.74. The van der Waals surface area contributed by atoms with Gasteiger partial charge in [-0.3, -0.25) is 4.90 Å². The van der Waals surface area contributed by atoms with Crippen LogP contribution in [0.1, 0.15) is 18.4 Å². The van der Waals surface area contributed by atoms with E-state index in [1.165, 1.54) is 18.9 Å². The number of piperazine rings is 1. The molecule has 1 aromatic rings. The molecule has 1 heterocycles. The van der Waals surface area contributed by atoms with E-state index in [0.29, 0.717) is 23.2 Å². The van der Waals surface area contributed by atoms with Crippen LogP contribution in [0.2, 0.25) is 5.02 Å². The van der Waals surface area contributed by atoms with Crippen molar-refractivity contribution in [2.75, 3.05) is 19.6 Å². The summed E-state index contributed by atoms with van der Waals surface area (Å²) in [5.41, 5.74) is 0.635. The van der Waals surface area contributed by atoms with Crippen molar-refractivity contribution in [3.8, 4) is 0 Å². The average Bonchev–Trinajstić information content (AvgIpc) is 3.19. The van der Waals surface area contributed by atoms with Gasteiger partial charge in [0.1, 0.15) is 5.82 Å². The lowest BCUT2D eigenvalue weighted by Crippen LogP contribution is -2.51. The highest BCUT2D eigenvalue weighted by molar-refractivity contribution is 6.31. The van der Waals surface area contributed by atoms with Crippen LogP contribution in [0.25, 0.3) is 0 Å². The number of benzene rings is 1. The average molecular weight is 269 g/mol. The Labute approximate surface area is 112 Å². The molecule has 0 radical (unpaired) electrons. The standard InChI is InChI=1S/C14H18ClFN2/c15-12-2-1-3-13(16)11(12)8-18-7-6-17-14(9-18)10-4-5-10/h1-3,10,14,17H,4-9H2. The fourth-order valence-electron chi connectivity index (χ4n) is 2.71. The van der Waals surface area contributed by atoms with Crippen LogP contribution in [0, 0.1) is 11.7 Å². The number of halogens is 2. The molecule has 18 heavy (non-hydrogen) atoms. The molecule has 0 aromatic heterocycles. The minimum atomic E-state index is -0.191. The largest absolute Gasteiger partial charge is 0.311 e. The van der Waals surface area contributed by atoms with E-state index in [1.54, 1.807) is 12.1 Å². The Kier molecular flexibility index (Phi) is 3.55. The van der Waals surface area contributed by atoms with E-state index in [0.717, 1.165) is 25.6 Å². The molecular weight excluding hydrogens is 251 g/mol. The molecule has 2 fully saturated rings. The number of nitrogens with zero attached hydrogens (tertiary/aromatic N) is 1. The van der Waals surface area contributed by atoms with Gasteiger partial charge in [0.25, 0.3) is 0 Å². The topological polar surface area (TPSA) is 15.3 Å². The van der Waals surface area contributed by atoms with Crippen LogP contribution in [0.3, 0.4) is 0 Å². The van der Waals surface area contributed by atoms with Gasteiger partial charge in [0.15, 0.2) is 0 Å². The molecule has 3 rings (SSSR count). The molecule has 1 aromatic carbocycles. The Morgan fingerprint density at radius 3 is 2.94 bits per heavy atom. The van der Waals surface area contributed by atoms with E-state index in [1.807, 2.05) is 0 Å². The van der Waals surface area contributed by atoms with Crippen molar-refractivity contribution >= 4 is 11.6 Å². The van der Waals surface area contributed by atoms with E-state index in [-0.39, 0.29) is 5.82 Å². The van der Waals surface area contributed by atoms with Gasteiger partial charge in [-0.2, -0.15) is 0 Å². The maximum atomic E-state index is 13.7. The van der Waals surface area contributed by atoms with Gasteiger partial charge in [0.2, 0.25) is 0 Å². The molecule has 1 aliphatic carbocycles. The van der Waals surface area contributed by atoms with Crippen molar-refractivity contribution in [2.24, 2.45) is 5.92 Å². The highest BCUT2D eigenvalue weighted by atomic mass is 35.5. The Bertz CT molecular complexity index is 414. The van der Waals surface area contributed by atoms with Crippen LogP contribution in [0.5, 0.6) is 0 Å². The summed E-state index contributed by atoms with van der Waals surface area (Å²) in [6.07, 6.45) is 2.68. The predicted octanol–water partition coefficient (Wildman–Crippen LogP) is 2.66.